The molecule has 1 aromatic heterocycles. The Kier molecular flexibility index (Phi) is 3.73. The molecular weight excluding hydrogens is 312 g/mol. The number of H-pyrrole nitrogens is 1. The summed E-state index contributed by atoms with van der Waals surface area (Å²) in [5.74, 6) is 0. The van der Waals surface area contributed by atoms with Crippen molar-refractivity contribution in [2.45, 2.75) is 24.4 Å². The van der Waals surface area contributed by atoms with E-state index in [-0.39, 0.29) is 10.6 Å². The van der Waals surface area contributed by atoms with Crippen LogP contribution in [0.1, 0.15) is 18.4 Å². The van der Waals surface area contributed by atoms with Gasteiger partial charge in [0.25, 0.3) is 15.2 Å². The number of rotatable bonds is 6. The second kappa shape index (κ2) is 5.40. The van der Waals surface area contributed by atoms with Crippen LogP contribution in [-0.4, -0.2) is 30.1 Å². The Morgan fingerprint density at radius 3 is 2.81 bits per heavy atom. The Labute approximate surface area is 128 Å². The van der Waals surface area contributed by atoms with Crippen molar-refractivity contribution in [3.8, 4) is 0 Å². The number of nitrogens with one attached hydrogen (secondary N) is 2. The van der Waals surface area contributed by atoms with E-state index in [1.54, 1.807) is 0 Å². The molecule has 1 fully saturated rings. The second-order valence-electron chi connectivity index (χ2n) is 5.42. The third-order valence-corrected chi connectivity index (χ3v) is 5.18. The highest BCUT2D eigenvalue weighted by Crippen LogP contribution is 2.48. The lowest BCUT2D eigenvalue weighted by atomic mass is 9.97. The Morgan fingerprint density at radius 2 is 2.19 bits per heavy atom. The van der Waals surface area contributed by atoms with Crippen LogP contribution in [0.15, 0.2) is 35.7 Å². The smallest absolute Gasteiger partial charge is 0.249 e. The molecule has 1 aliphatic carbocycles. The van der Waals surface area contributed by atoms with Gasteiger partial charge in [0.05, 0.1) is 0 Å². The van der Waals surface area contributed by atoms with Crippen LogP contribution >= 0.6 is 11.6 Å². The molecule has 0 amide bonds. The largest absolute Gasteiger partial charge is 0.275 e. The van der Waals surface area contributed by atoms with Gasteiger partial charge in [0, 0.05) is 11.6 Å². The quantitative estimate of drug-likeness (QED) is 0.846. The molecule has 0 aliphatic heterocycles. The van der Waals surface area contributed by atoms with Gasteiger partial charge in [-0.2, -0.15) is 5.10 Å². The molecule has 112 valence electrons. The molecule has 2 aromatic rings. The number of hydrogen-bond acceptors (Lipinski definition) is 4. The number of nitrogens with zero attached hydrogens (tertiary/aromatic N) is 2. The van der Waals surface area contributed by atoms with Crippen LogP contribution in [0.2, 0.25) is 5.02 Å². The standard InChI is InChI=1S/C13H15ClN4O2S/c14-11-3-1-2-10(6-11)7-13(4-5-13)8-17-21(19,20)12-15-9-16-18-12/h1-3,6,9,17H,4-5,7-8H2,(H,15,16,18). The molecule has 0 saturated heterocycles. The highest BCUT2D eigenvalue weighted by Gasteiger charge is 2.43. The Hall–Kier alpha value is -1.44. The second-order valence-corrected chi connectivity index (χ2v) is 7.54. The highest BCUT2D eigenvalue weighted by atomic mass is 35.5. The molecule has 0 atom stereocenters. The van der Waals surface area contributed by atoms with E-state index in [0.29, 0.717) is 11.6 Å². The SMILES string of the molecule is O=S(=O)(NCC1(Cc2cccc(Cl)c2)CC1)c1ncn[nH]1. The Morgan fingerprint density at radius 1 is 1.38 bits per heavy atom. The van der Waals surface area contributed by atoms with E-state index in [2.05, 4.69) is 19.9 Å². The van der Waals surface area contributed by atoms with Gasteiger partial charge in [-0.1, -0.05) is 23.7 Å². The molecule has 0 spiro atoms. The van der Waals surface area contributed by atoms with Crippen molar-refractivity contribution < 1.29 is 8.42 Å². The minimum Gasteiger partial charge on any atom is -0.249 e. The maximum Gasteiger partial charge on any atom is 0.275 e. The van der Waals surface area contributed by atoms with Crippen molar-refractivity contribution in [2.75, 3.05) is 6.54 Å². The lowest BCUT2D eigenvalue weighted by Crippen LogP contribution is -2.32. The maximum atomic E-state index is 12.0. The number of aromatic nitrogens is 3. The van der Waals surface area contributed by atoms with Crippen LogP contribution in [0.3, 0.4) is 0 Å². The van der Waals surface area contributed by atoms with Gasteiger partial charge in [-0.05, 0) is 42.4 Å². The first-order valence-corrected chi connectivity index (χ1v) is 8.45. The number of hydrogen-bond donors (Lipinski definition) is 2. The summed E-state index contributed by atoms with van der Waals surface area (Å²) in [6.45, 7) is 0.391. The molecule has 1 aliphatic rings. The van der Waals surface area contributed by atoms with Crippen LogP contribution in [0.5, 0.6) is 0 Å². The fourth-order valence-corrected chi connectivity index (χ4v) is 3.52. The van der Waals surface area contributed by atoms with E-state index in [9.17, 15) is 8.42 Å². The van der Waals surface area contributed by atoms with Crippen LogP contribution in [0.25, 0.3) is 0 Å². The summed E-state index contributed by atoms with van der Waals surface area (Å²) in [6.07, 6.45) is 3.98. The summed E-state index contributed by atoms with van der Waals surface area (Å²) in [5.41, 5.74) is 1.11. The number of benzene rings is 1. The predicted molar refractivity (Wildman–Crippen MR) is 78.4 cm³/mol. The first kappa shape index (κ1) is 14.5. The summed E-state index contributed by atoms with van der Waals surface area (Å²) < 4.78 is 26.6. The molecule has 0 radical (unpaired) electrons. The summed E-state index contributed by atoms with van der Waals surface area (Å²) >= 11 is 5.98. The zero-order chi connectivity index (χ0) is 14.9. The minimum absolute atomic E-state index is 0.0161. The highest BCUT2D eigenvalue weighted by molar-refractivity contribution is 7.89. The van der Waals surface area contributed by atoms with Gasteiger partial charge in [0.15, 0.2) is 0 Å². The summed E-state index contributed by atoms with van der Waals surface area (Å²) in [6, 6.07) is 7.67. The van der Waals surface area contributed by atoms with Crippen molar-refractivity contribution in [1.29, 1.82) is 0 Å². The van der Waals surface area contributed by atoms with Gasteiger partial charge < -0.3 is 0 Å². The zero-order valence-corrected chi connectivity index (χ0v) is 12.8. The molecule has 2 N–H and O–H groups in total. The maximum absolute atomic E-state index is 12.0. The van der Waals surface area contributed by atoms with Gasteiger partial charge in [0.2, 0.25) is 0 Å². The van der Waals surface area contributed by atoms with Crippen LogP contribution < -0.4 is 4.72 Å². The molecule has 1 aromatic carbocycles. The average molecular weight is 327 g/mol. The lowest BCUT2D eigenvalue weighted by Gasteiger charge is -2.15. The summed E-state index contributed by atoms with van der Waals surface area (Å²) in [4.78, 5) is 3.67. The molecular formula is C13H15ClN4O2S. The third kappa shape index (κ3) is 3.42. The van der Waals surface area contributed by atoms with Gasteiger partial charge in [-0.25, -0.2) is 23.2 Å². The minimum atomic E-state index is -3.62. The first-order valence-electron chi connectivity index (χ1n) is 6.59. The average Bonchev–Trinajstić information content (AvgIpc) is 2.98. The predicted octanol–water partition coefficient (Wildman–Crippen LogP) is 1.76. The molecule has 3 rings (SSSR count). The van der Waals surface area contributed by atoms with E-state index in [0.717, 1.165) is 24.8 Å². The molecule has 6 nitrogen and oxygen atoms in total. The summed E-state index contributed by atoms with van der Waals surface area (Å²) in [5, 5.41) is 6.47. The van der Waals surface area contributed by atoms with Crippen LogP contribution in [0, 0.1) is 5.41 Å². The van der Waals surface area contributed by atoms with E-state index >= 15 is 0 Å². The molecule has 21 heavy (non-hydrogen) atoms. The molecule has 0 unspecified atom stereocenters. The fraction of sp³-hybridized carbons (Fsp3) is 0.385. The molecule has 8 heteroatoms. The normalized spacial score (nSPS) is 16.8. The van der Waals surface area contributed by atoms with Gasteiger partial charge in [-0.3, -0.25) is 0 Å². The monoisotopic (exact) mass is 326 g/mol. The Balaban J connectivity index is 1.65. The van der Waals surface area contributed by atoms with E-state index < -0.39 is 10.0 Å². The van der Waals surface area contributed by atoms with Gasteiger partial charge in [0.1, 0.15) is 6.33 Å². The fourth-order valence-electron chi connectivity index (χ4n) is 2.31. The third-order valence-electron chi connectivity index (χ3n) is 3.71. The van der Waals surface area contributed by atoms with Gasteiger partial charge >= 0.3 is 0 Å². The van der Waals surface area contributed by atoms with Gasteiger partial charge in [-0.15, -0.1) is 0 Å². The lowest BCUT2D eigenvalue weighted by molar-refractivity contribution is 0.486. The van der Waals surface area contributed by atoms with Crippen molar-refractivity contribution in [3.05, 3.63) is 41.2 Å². The van der Waals surface area contributed by atoms with Crippen LogP contribution in [-0.2, 0) is 16.4 Å². The topological polar surface area (TPSA) is 87.7 Å². The van der Waals surface area contributed by atoms with E-state index in [4.69, 9.17) is 11.6 Å². The number of sulfonamides is 1. The first-order chi connectivity index (χ1) is 9.99. The number of halogens is 1. The summed E-state index contributed by atoms with van der Waals surface area (Å²) in [7, 11) is -3.62. The number of aromatic amines is 1. The van der Waals surface area contributed by atoms with Crippen LogP contribution in [0.4, 0.5) is 0 Å². The van der Waals surface area contributed by atoms with E-state index in [1.807, 2.05) is 24.3 Å². The van der Waals surface area contributed by atoms with Crippen molar-refractivity contribution in [2.24, 2.45) is 5.41 Å². The van der Waals surface area contributed by atoms with Crippen molar-refractivity contribution >= 4 is 21.6 Å². The van der Waals surface area contributed by atoms with Crippen molar-refractivity contribution in [3.63, 3.8) is 0 Å². The molecule has 0 bridgehead atoms. The van der Waals surface area contributed by atoms with E-state index in [1.165, 1.54) is 6.33 Å². The zero-order valence-electron chi connectivity index (χ0n) is 11.2. The molecule has 1 saturated carbocycles. The molecule has 1 heterocycles. The Bertz CT molecular complexity index is 726. The van der Waals surface area contributed by atoms with Crippen molar-refractivity contribution in [1.82, 2.24) is 19.9 Å².